The number of likely N-dealkylation sites (N-methyl/N-ethyl adjacent to an activating group) is 1. The van der Waals surface area contributed by atoms with Crippen molar-refractivity contribution in [1.29, 1.82) is 0 Å². The second-order valence-corrected chi connectivity index (χ2v) is 3.26. The lowest BCUT2D eigenvalue weighted by molar-refractivity contribution is -0.145. The van der Waals surface area contributed by atoms with E-state index >= 15 is 0 Å². The van der Waals surface area contributed by atoms with Crippen molar-refractivity contribution in [3.05, 3.63) is 0 Å². The summed E-state index contributed by atoms with van der Waals surface area (Å²) >= 11 is 0. The van der Waals surface area contributed by atoms with Crippen molar-refractivity contribution in [3.8, 4) is 0 Å². The zero-order valence-corrected chi connectivity index (χ0v) is 7.34. The van der Waals surface area contributed by atoms with Gasteiger partial charge in [0, 0.05) is 19.1 Å². The van der Waals surface area contributed by atoms with Crippen molar-refractivity contribution in [2.45, 2.75) is 18.9 Å². The fourth-order valence-corrected chi connectivity index (χ4v) is 1.39. The topological polar surface area (TPSA) is 61.4 Å². The first-order chi connectivity index (χ1) is 5.74. The molecule has 1 saturated carbocycles. The maximum atomic E-state index is 10.4. The van der Waals surface area contributed by atoms with Crippen LogP contribution >= 0.6 is 0 Å². The molecule has 70 valence electrons. The highest BCUT2D eigenvalue weighted by Gasteiger charge is 2.33. The van der Waals surface area contributed by atoms with Crippen LogP contribution in [-0.2, 0) is 4.79 Å². The minimum absolute atomic E-state index is 0.0999. The molecule has 0 amide bonds. The average molecular weight is 172 g/mol. The number of carbonyl (C=O) groups is 1. The summed E-state index contributed by atoms with van der Waals surface area (Å²) in [7, 11) is 1.91. The molecule has 0 heterocycles. The Balaban J connectivity index is 1.98. The summed E-state index contributed by atoms with van der Waals surface area (Å²) in [6.07, 6.45) is 1.58. The third-order valence-corrected chi connectivity index (χ3v) is 2.30. The normalized spacial score (nSPS) is 28.1. The maximum absolute atomic E-state index is 10.4. The molecule has 0 aromatic rings. The molecule has 0 unspecified atom stereocenters. The Hall–Kier alpha value is -0.610. The summed E-state index contributed by atoms with van der Waals surface area (Å²) in [5.41, 5.74) is 0. The molecule has 0 aromatic heterocycles. The van der Waals surface area contributed by atoms with Crippen LogP contribution in [0, 0.1) is 5.92 Å². The fraction of sp³-hybridized carbons (Fsp3) is 0.875. The molecule has 4 heteroatoms. The molecular weight excluding hydrogens is 156 g/mol. The molecule has 0 atom stereocenters. The predicted octanol–water partition coefficient (Wildman–Crippen LogP) is -0.341. The van der Waals surface area contributed by atoms with Gasteiger partial charge in [-0.1, -0.05) is 0 Å². The van der Waals surface area contributed by atoms with E-state index in [0.717, 1.165) is 25.9 Å². The Labute approximate surface area is 72.3 Å². The van der Waals surface area contributed by atoms with Crippen molar-refractivity contribution in [2.24, 2.45) is 5.92 Å². The van der Waals surface area contributed by atoms with E-state index in [4.69, 9.17) is 5.11 Å². The first-order valence-electron chi connectivity index (χ1n) is 4.35. The number of aliphatic carboxylic acids is 1. The largest absolute Gasteiger partial charge is 0.481 e. The minimum atomic E-state index is -0.651. The van der Waals surface area contributed by atoms with E-state index in [2.05, 4.69) is 10.6 Å². The summed E-state index contributed by atoms with van der Waals surface area (Å²) in [4.78, 5) is 10.4. The Kier molecular flexibility index (Phi) is 3.49. The lowest BCUT2D eigenvalue weighted by Gasteiger charge is -2.33. The van der Waals surface area contributed by atoms with Gasteiger partial charge in [-0.2, -0.15) is 0 Å². The zero-order chi connectivity index (χ0) is 8.97. The van der Waals surface area contributed by atoms with Gasteiger partial charge in [0.25, 0.3) is 0 Å². The van der Waals surface area contributed by atoms with Crippen LogP contribution in [0.4, 0.5) is 0 Å². The molecule has 0 aliphatic heterocycles. The Morgan fingerprint density at radius 1 is 1.50 bits per heavy atom. The highest BCUT2D eigenvalue weighted by atomic mass is 16.4. The van der Waals surface area contributed by atoms with Crippen LogP contribution in [0.25, 0.3) is 0 Å². The van der Waals surface area contributed by atoms with Gasteiger partial charge in [-0.3, -0.25) is 4.79 Å². The van der Waals surface area contributed by atoms with Crippen LogP contribution in [0.5, 0.6) is 0 Å². The summed E-state index contributed by atoms with van der Waals surface area (Å²) < 4.78 is 0. The molecule has 0 bridgehead atoms. The standard InChI is InChI=1S/C8H16N2O2/c1-9-2-3-10-7-4-6(5-7)8(11)12/h6-7,9-10H,2-5H2,1H3,(H,11,12). The number of hydrogen-bond donors (Lipinski definition) is 3. The van der Waals surface area contributed by atoms with Gasteiger partial charge in [0.2, 0.25) is 0 Å². The van der Waals surface area contributed by atoms with Crippen LogP contribution in [0.15, 0.2) is 0 Å². The molecule has 0 spiro atoms. The summed E-state index contributed by atoms with van der Waals surface area (Å²) in [5, 5.41) is 14.9. The molecule has 1 aliphatic rings. The van der Waals surface area contributed by atoms with E-state index in [1.165, 1.54) is 0 Å². The number of carboxylic acid groups (broad SMARTS) is 1. The van der Waals surface area contributed by atoms with Gasteiger partial charge in [0.05, 0.1) is 5.92 Å². The molecule has 0 saturated heterocycles. The van der Waals surface area contributed by atoms with Crippen molar-refractivity contribution in [1.82, 2.24) is 10.6 Å². The first-order valence-corrected chi connectivity index (χ1v) is 4.35. The first kappa shape index (κ1) is 9.48. The fourth-order valence-electron chi connectivity index (χ4n) is 1.39. The molecule has 4 nitrogen and oxygen atoms in total. The molecule has 12 heavy (non-hydrogen) atoms. The van der Waals surface area contributed by atoms with Crippen molar-refractivity contribution in [2.75, 3.05) is 20.1 Å². The van der Waals surface area contributed by atoms with Crippen LogP contribution in [-0.4, -0.2) is 37.3 Å². The number of rotatable bonds is 5. The highest BCUT2D eigenvalue weighted by Crippen LogP contribution is 2.26. The van der Waals surface area contributed by atoms with E-state index < -0.39 is 5.97 Å². The van der Waals surface area contributed by atoms with Gasteiger partial charge in [-0.15, -0.1) is 0 Å². The second-order valence-electron chi connectivity index (χ2n) is 3.26. The average Bonchev–Trinajstić information content (AvgIpc) is 1.93. The summed E-state index contributed by atoms with van der Waals surface area (Å²) in [6.45, 7) is 1.86. The van der Waals surface area contributed by atoms with Gasteiger partial charge in [0.15, 0.2) is 0 Å². The monoisotopic (exact) mass is 172 g/mol. The van der Waals surface area contributed by atoms with E-state index in [-0.39, 0.29) is 5.92 Å². The van der Waals surface area contributed by atoms with E-state index in [0.29, 0.717) is 6.04 Å². The number of hydrogen-bond acceptors (Lipinski definition) is 3. The number of nitrogens with one attached hydrogen (secondary N) is 2. The third kappa shape index (κ3) is 2.46. The molecule has 3 N–H and O–H groups in total. The second kappa shape index (κ2) is 4.42. The van der Waals surface area contributed by atoms with Gasteiger partial charge in [0.1, 0.15) is 0 Å². The van der Waals surface area contributed by atoms with Gasteiger partial charge < -0.3 is 15.7 Å². The smallest absolute Gasteiger partial charge is 0.306 e. The van der Waals surface area contributed by atoms with Crippen LogP contribution in [0.3, 0.4) is 0 Å². The van der Waals surface area contributed by atoms with Crippen LogP contribution in [0.1, 0.15) is 12.8 Å². The van der Waals surface area contributed by atoms with Crippen molar-refractivity contribution >= 4 is 5.97 Å². The lowest BCUT2D eigenvalue weighted by Crippen LogP contribution is -2.45. The minimum Gasteiger partial charge on any atom is -0.481 e. The zero-order valence-electron chi connectivity index (χ0n) is 7.34. The van der Waals surface area contributed by atoms with E-state index in [9.17, 15) is 4.79 Å². The Morgan fingerprint density at radius 2 is 2.17 bits per heavy atom. The van der Waals surface area contributed by atoms with E-state index in [1.807, 2.05) is 7.05 Å². The molecule has 0 radical (unpaired) electrons. The van der Waals surface area contributed by atoms with Gasteiger partial charge in [-0.25, -0.2) is 0 Å². The van der Waals surface area contributed by atoms with Crippen molar-refractivity contribution in [3.63, 3.8) is 0 Å². The number of carboxylic acids is 1. The van der Waals surface area contributed by atoms with Crippen LogP contribution < -0.4 is 10.6 Å². The molecule has 1 rings (SSSR count). The lowest BCUT2D eigenvalue weighted by atomic mass is 9.80. The third-order valence-electron chi connectivity index (χ3n) is 2.30. The van der Waals surface area contributed by atoms with Gasteiger partial charge in [-0.05, 0) is 19.9 Å². The van der Waals surface area contributed by atoms with E-state index in [1.54, 1.807) is 0 Å². The van der Waals surface area contributed by atoms with Crippen LogP contribution in [0.2, 0.25) is 0 Å². The molecular formula is C8H16N2O2. The quantitative estimate of drug-likeness (QED) is 0.496. The highest BCUT2D eigenvalue weighted by molar-refractivity contribution is 5.71. The molecule has 1 aliphatic carbocycles. The molecule has 1 fully saturated rings. The summed E-state index contributed by atoms with van der Waals surface area (Å²) in [5.74, 6) is -0.751. The predicted molar refractivity (Wildman–Crippen MR) is 46.1 cm³/mol. The van der Waals surface area contributed by atoms with Gasteiger partial charge >= 0.3 is 5.97 Å². The maximum Gasteiger partial charge on any atom is 0.306 e. The van der Waals surface area contributed by atoms with Crippen molar-refractivity contribution < 1.29 is 9.90 Å². The Morgan fingerprint density at radius 3 is 2.67 bits per heavy atom. The Bertz CT molecular complexity index is 155. The summed E-state index contributed by atoms with van der Waals surface area (Å²) in [6, 6.07) is 0.430. The molecule has 0 aromatic carbocycles. The SMILES string of the molecule is CNCCNC1CC(C(=O)O)C1.